The fourth-order valence-electron chi connectivity index (χ4n) is 4.67. The van der Waals surface area contributed by atoms with Gasteiger partial charge >= 0.3 is 6.18 Å². The van der Waals surface area contributed by atoms with Crippen molar-refractivity contribution in [3.05, 3.63) is 65.4 Å². The Bertz CT molecular complexity index is 1680. The maximum absolute atomic E-state index is 14.8. The van der Waals surface area contributed by atoms with Gasteiger partial charge < -0.3 is 10.0 Å². The Labute approximate surface area is 219 Å². The average molecular weight is 569 g/mol. The van der Waals surface area contributed by atoms with Gasteiger partial charge in [0.2, 0.25) is 16.0 Å². The van der Waals surface area contributed by atoms with Crippen LogP contribution in [-0.2, 0) is 23.2 Å². The number of halogens is 5. The Morgan fingerprint density at radius 2 is 1.77 bits per heavy atom. The minimum absolute atomic E-state index is 0.0636. The van der Waals surface area contributed by atoms with Crippen molar-refractivity contribution in [2.45, 2.75) is 12.2 Å². The lowest BCUT2D eigenvalue weighted by Gasteiger charge is -2.40. The molecular weight excluding hydrogens is 547 g/mol. The van der Waals surface area contributed by atoms with Crippen LogP contribution in [0, 0.1) is 11.6 Å². The van der Waals surface area contributed by atoms with Crippen LogP contribution in [0.5, 0.6) is 5.75 Å². The molecule has 1 aliphatic rings. The SMILES string of the molecule is Cn1nc(-c2cc(C(F)(F)F)c(F)c(O)c2F)c2cnc(N3CCN(S(C)(=O)=O)[C@@H](c4ccccc4)C3)nc21. The molecule has 206 valence electrons. The Balaban J connectivity index is 1.56. The number of piperazine rings is 1. The molecule has 5 rings (SSSR count). The van der Waals surface area contributed by atoms with Gasteiger partial charge in [-0.3, -0.25) is 0 Å². The van der Waals surface area contributed by atoms with Gasteiger partial charge in [-0.1, -0.05) is 30.3 Å². The van der Waals surface area contributed by atoms with Crippen LogP contribution in [0.25, 0.3) is 22.3 Å². The number of aromatic hydroxyl groups is 1. The number of aryl methyl sites for hydroxylation is 1. The molecule has 15 heteroatoms. The zero-order valence-electron chi connectivity index (χ0n) is 20.5. The van der Waals surface area contributed by atoms with Gasteiger partial charge in [0, 0.05) is 38.4 Å². The Morgan fingerprint density at radius 1 is 1.08 bits per heavy atom. The molecule has 1 atom stereocenters. The summed E-state index contributed by atoms with van der Waals surface area (Å²) in [7, 11) is -2.10. The van der Waals surface area contributed by atoms with E-state index in [0.717, 1.165) is 11.8 Å². The summed E-state index contributed by atoms with van der Waals surface area (Å²) in [5.74, 6) is -5.30. The van der Waals surface area contributed by atoms with E-state index in [1.165, 1.54) is 22.2 Å². The maximum atomic E-state index is 14.8. The summed E-state index contributed by atoms with van der Waals surface area (Å²) in [6.45, 7) is 0.613. The van der Waals surface area contributed by atoms with Crippen LogP contribution in [0.3, 0.4) is 0 Å². The van der Waals surface area contributed by atoms with Crippen LogP contribution in [0.2, 0.25) is 0 Å². The van der Waals surface area contributed by atoms with Crippen LogP contribution >= 0.6 is 0 Å². The lowest BCUT2D eigenvalue weighted by molar-refractivity contribution is -0.140. The van der Waals surface area contributed by atoms with Crippen LogP contribution < -0.4 is 4.90 Å². The highest BCUT2D eigenvalue weighted by Crippen LogP contribution is 2.41. The molecule has 0 radical (unpaired) electrons. The summed E-state index contributed by atoms with van der Waals surface area (Å²) in [4.78, 5) is 10.5. The second-order valence-electron chi connectivity index (χ2n) is 9.07. The predicted octanol–water partition coefficient (Wildman–Crippen LogP) is 3.86. The van der Waals surface area contributed by atoms with E-state index in [1.54, 1.807) is 17.0 Å². The van der Waals surface area contributed by atoms with E-state index in [2.05, 4.69) is 15.1 Å². The number of phenolic OH excluding ortho intramolecular Hbond substituents is 1. The highest BCUT2D eigenvalue weighted by molar-refractivity contribution is 7.88. The fraction of sp³-hybridized carbons (Fsp3) is 0.292. The quantitative estimate of drug-likeness (QED) is 0.373. The first-order valence-electron chi connectivity index (χ1n) is 11.5. The van der Waals surface area contributed by atoms with E-state index in [-0.39, 0.29) is 48.4 Å². The van der Waals surface area contributed by atoms with Crippen LogP contribution in [-0.4, -0.2) is 63.5 Å². The molecule has 2 aromatic carbocycles. The number of nitrogens with zero attached hydrogens (tertiary/aromatic N) is 6. The first-order valence-corrected chi connectivity index (χ1v) is 13.4. The molecule has 0 aliphatic carbocycles. The molecule has 4 aromatic rings. The topological polar surface area (TPSA) is 104 Å². The molecule has 1 saturated heterocycles. The molecule has 0 spiro atoms. The molecular formula is C24H21F5N6O3S. The number of rotatable bonds is 4. The third-order valence-corrected chi connectivity index (χ3v) is 7.82. The lowest BCUT2D eigenvalue weighted by Crippen LogP contribution is -2.50. The van der Waals surface area contributed by atoms with E-state index in [4.69, 9.17) is 0 Å². The Hall–Kier alpha value is -3.85. The van der Waals surface area contributed by atoms with Gasteiger partial charge in [-0.15, -0.1) is 0 Å². The van der Waals surface area contributed by atoms with E-state index in [9.17, 15) is 35.5 Å². The van der Waals surface area contributed by atoms with E-state index >= 15 is 0 Å². The minimum atomic E-state index is -5.19. The smallest absolute Gasteiger partial charge is 0.419 e. The van der Waals surface area contributed by atoms with Crippen molar-refractivity contribution in [2.75, 3.05) is 30.8 Å². The van der Waals surface area contributed by atoms with Gasteiger partial charge in [0.1, 0.15) is 5.69 Å². The van der Waals surface area contributed by atoms with Crippen molar-refractivity contribution >= 4 is 27.0 Å². The number of aromatic nitrogens is 4. The van der Waals surface area contributed by atoms with Crippen molar-refractivity contribution in [3.8, 4) is 17.0 Å². The van der Waals surface area contributed by atoms with Crippen molar-refractivity contribution in [1.82, 2.24) is 24.1 Å². The molecule has 0 bridgehead atoms. The molecule has 3 heterocycles. The van der Waals surface area contributed by atoms with Gasteiger partial charge in [-0.2, -0.15) is 27.6 Å². The first kappa shape index (κ1) is 26.7. The standard InChI is InChI=1S/C24H21F5N6O3S/c1-33-22-15(20(32-33)14-10-16(24(27,28)29)19(26)21(36)18(14)25)11-30-23(31-22)34-8-9-35(39(2,37)38)17(12-34)13-6-4-3-5-7-13/h3-7,10-11,17,36H,8-9,12H2,1-2H3/t17-/m1/s1. The normalized spacial score (nSPS) is 17.2. The van der Waals surface area contributed by atoms with E-state index in [0.29, 0.717) is 0 Å². The van der Waals surface area contributed by atoms with Crippen molar-refractivity contribution in [1.29, 1.82) is 0 Å². The van der Waals surface area contributed by atoms with Gasteiger partial charge in [0.25, 0.3) is 0 Å². The number of hydrogen-bond acceptors (Lipinski definition) is 7. The molecule has 0 amide bonds. The zero-order chi connectivity index (χ0) is 28.3. The fourth-order valence-corrected chi connectivity index (χ4v) is 5.74. The average Bonchev–Trinajstić information content (AvgIpc) is 3.21. The molecule has 1 N–H and O–H groups in total. The second kappa shape index (κ2) is 9.41. The molecule has 0 unspecified atom stereocenters. The molecule has 2 aromatic heterocycles. The van der Waals surface area contributed by atoms with Crippen molar-refractivity contribution < 1.29 is 35.5 Å². The number of phenols is 1. The number of anilines is 1. The van der Waals surface area contributed by atoms with Crippen LogP contribution in [0.4, 0.5) is 27.9 Å². The van der Waals surface area contributed by atoms with E-state index in [1.807, 2.05) is 18.2 Å². The lowest BCUT2D eigenvalue weighted by atomic mass is 10.0. The summed E-state index contributed by atoms with van der Waals surface area (Å²) in [5.41, 5.74) is -2.03. The van der Waals surface area contributed by atoms with Crippen molar-refractivity contribution in [2.24, 2.45) is 7.05 Å². The van der Waals surface area contributed by atoms with Crippen LogP contribution in [0.15, 0.2) is 42.6 Å². The Kier molecular flexibility index (Phi) is 6.45. The zero-order valence-corrected chi connectivity index (χ0v) is 21.3. The molecule has 0 saturated carbocycles. The number of hydrogen-bond donors (Lipinski definition) is 1. The van der Waals surface area contributed by atoms with Gasteiger partial charge in [-0.05, 0) is 11.6 Å². The number of sulfonamides is 1. The number of fused-ring (bicyclic) bond motifs is 1. The van der Waals surface area contributed by atoms with Gasteiger partial charge in [0.15, 0.2) is 23.0 Å². The highest BCUT2D eigenvalue weighted by atomic mass is 32.2. The summed E-state index contributed by atoms with van der Waals surface area (Å²) in [5, 5.41) is 13.9. The maximum Gasteiger partial charge on any atom is 0.419 e. The second-order valence-corrected chi connectivity index (χ2v) is 11.0. The number of benzene rings is 2. The summed E-state index contributed by atoms with van der Waals surface area (Å²) in [6, 6.07) is 8.74. The minimum Gasteiger partial charge on any atom is -0.503 e. The molecule has 1 aliphatic heterocycles. The number of alkyl halides is 3. The predicted molar refractivity (Wildman–Crippen MR) is 131 cm³/mol. The summed E-state index contributed by atoms with van der Waals surface area (Å²) in [6.07, 6.45) is -2.82. The third kappa shape index (κ3) is 4.76. The summed E-state index contributed by atoms with van der Waals surface area (Å²) >= 11 is 0. The largest absolute Gasteiger partial charge is 0.503 e. The first-order chi connectivity index (χ1) is 18.3. The van der Waals surface area contributed by atoms with Crippen molar-refractivity contribution in [3.63, 3.8) is 0 Å². The van der Waals surface area contributed by atoms with Gasteiger partial charge in [-0.25, -0.2) is 26.9 Å². The highest BCUT2D eigenvalue weighted by Gasteiger charge is 2.38. The van der Waals surface area contributed by atoms with E-state index < -0.39 is 50.8 Å². The monoisotopic (exact) mass is 568 g/mol. The van der Waals surface area contributed by atoms with Gasteiger partial charge in [0.05, 0.1) is 23.2 Å². The molecule has 39 heavy (non-hydrogen) atoms. The summed E-state index contributed by atoms with van der Waals surface area (Å²) < 4.78 is 96.2. The molecule has 1 fully saturated rings. The van der Waals surface area contributed by atoms with Crippen LogP contribution in [0.1, 0.15) is 17.2 Å². The third-order valence-electron chi connectivity index (χ3n) is 6.53. The Morgan fingerprint density at radius 3 is 2.41 bits per heavy atom. The molecule has 9 nitrogen and oxygen atoms in total.